The van der Waals surface area contributed by atoms with Crippen LogP contribution in [0.3, 0.4) is 0 Å². The van der Waals surface area contributed by atoms with Crippen LogP contribution >= 0.6 is 0 Å². The number of hydrogen-bond donors (Lipinski definition) is 0. The SMILES string of the molecule is O=[C]=[Pb]=[C]=O. The van der Waals surface area contributed by atoms with Gasteiger partial charge in [0.05, 0.1) is 0 Å². The van der Waals surface area contributed by atoms with Crippen molar-refractivity contribution in [1.29, 1.82) is 0 Å². The van der Waals surface area contributed by atoms with Gasteiger partial charge in [0.15, 0.2) is 0 Å². The number of carbonyl (C=O) groups excluding carboxylic acids is 2. The monoisotopic (exact) mass is 264 g/mol. The summed E-state index contributed by atoms with van der Waals surface area (Å²) >= 11 is -1.56. The van der Waals surface area contributed by atoms with Crippen molar-refractivity contribution in [1.82, 2.24) is 0 Å². The van der Waals surface area contributed by atoms with Gasteiger partial charge in [0.25, 0.3) is 0 Å². The summed E-state index contributed by atoms with van der Waals surface area (Å²) in [5.41, 5.74) is 0. The van der Waals surface area contributed by atoms with Crippen LogP contribution in [0.25, 0.3) is 0 Å². The Morgan fingerprint density at radius 1 is 1.20 bits per heavy atom. The summed E-state index contributed by atoms with van der Waals surface area (Å²) < 4.78 is 3.08. The van der Waals surface area contributed by atoms with Gasteiger partial charge in [-0.3, -0.25) is 0 Å². The van der Waals surface area contributed by atoms with Gasteiger partial charge in [0.2, 0.25) is 0 Å². The first kappa shape index (κ1) is 5.08. The van der Waals surface area contributed by atoms with E-state index in [0.29, 0.717) is 0 Å². The molecule has 0 fully saturated rings. The second kappa shape index (κ2) is 4.08. The standard InChI is InChI=1S/2CO.Pb/c2*1-2;. The average Bonchev–Trinajstić information content (AvgIpc) is 1.41. The van der Waals surface area contributed by atoms with Crippen LogP contribution in [0.15, 0.2) is 0 Å². The van der Waals surface area contributed by atoms with Gasteiger partial charge >= 0.3 is 39.7 Å². The quantitative estimate of drug-likeness (QED) is 0.516. The van der Waals surface area contributed by atoms with Crippen LogP contribution in [-0.4, -0.2) is 30.1 Å². The molecule has 0 spiro atoms. The van der Waals surface area contributed by atoms with Crippen LogP contribution in [-0.2, 0) is 9.59 Å². The number of hydrogen-bond acceptors (Lipinski definition) is 2. The van der Waals surface area contributed by atoms with E-state index in [1.807, 2.05) is 0 Å². The number of rotatable bonds is 0. The summed E-state index contributed by atoms with van der Waals surface area (Å²) in [7, 11) is 0. The van der Waals surface area contributed by atoms with E-state index in [1.54, 1.807) is 0 Å². The second-order valence-corrected chi connectivity index (χ2v) is 2.89. The van der Waals surface area contributed by atoms with Crippen molar-refractivity contribution in [2.45, 2.75) is 0 Å². The molecule has 0 aromatic rings. The summed E-state index contributed by atoms with van der Waals surface area (Å²) in [5, 5.41) is 0. The molecular weight excluding hydrogens is 263 g/mol. The van der Waals surface area contributed by atoms with E-state index in [4.69, 9.17) is 9.59 Å². The zero-order valence-electron chi connectivity index (χ0n) is 2.32. The summed E-state index contributed by atoms with van der Waals surface area (Å²) in [6.45, 7) is 0. The fourth-order valence-corrected chi connectivity index (χ4v) is 0.183. The van der Waals surface area contributed by atoms with Crippen molar-refractivity contribution in [3.8, 4) is 0 Å². The van der Waals surface area contributed by atoms with Gasteiger partial charge in [-0.25, -0.2) is 0 Å². The molecule has 0 aliphatic carbocycles. The molecule has 3 heteroatoms. The molecule has 0 saturated heterocycles. The van der Waals surface area contributed by atoms with E-state index in [-0.39, 0.29) is 0 Å². The molecule has 0 radical (unpaired) electrons. The van der Waals surface area contributed by atoms with Gasteiger partial charge in [-0.2, -0.15) is 0 Å². The molecule has 0 aliphatic heterocycles. The van der Waals surface area contributed by atoms with E-state index in [1.165, 1.54) is 6.85 Å². The van der Waals surface area contributed by atoms with Crippen molar-refractivity contribution in [3.05, 3.63) is 0 Å². The molecule has 0 atom stereocenters. The molecule has 24 valence electrons. The first-order valence-electron chi connectivity index (χ1n) is 0.908. The summed E-state index contributed by atoms with van der Waals surface area (Å²) in [4.78, 5) is 18.2. The summed E-state index contributed by atoms with van der Waals surface area (Å²) in [6, 6.07) is 0. The molecule has 0 heterocycles. The van der Waals surface area contributed by atoms with E-state index in [0.717, 1.165) is 0 Å². The Morgan fingerprint density at radius 3 is 1.60 bits per heavy atom. The van der Waals surface area contributed by atoms with Crippen LogP contribution in [0.4, 0.5) is 0 Å². The summed E-state index contributed by atoms with van der Waals surface area (Å²) in [5.74, 6) is 0. The fourth-order valence-electron chi connectivity index (χ4n) is 0.0208. The second-order valence-electron chi connectivity index (χ2n) is 0.329. The molecule has 0 aromatic carbocycles. The van der Waals surface area contributed by atoms with Crippen molar-refractivity contribution >= 4 is 30.1 Å². The van der Waals surface area contributed by atoms with Gasteiger partial charge in [-0.15, -0.1) is 0 Å². The van der Waals surface area contributed by atoms with Crippen molar-refractivity contribution < 1.29 is 9.59 Å². The molecule has 0 N–H and O–H groups in total. The van der Waals surface area contributed by atoms with Crippen molar-refractivity contribution in [2.24, 2.45) is 0 Å². The molecule has 0 aliphatic rings. The Kier molecular flexibility index (Phi) is 4.15. The molecule has 2 nitrogen and oxygen atoms in total. The average molecular weight is 263 g/mol. The Morgan fingerprint density at radius 2 is 1.60 bits per heavy atom. The third-order valence-electron chi connectivity index (χ3n) is 0.102. The maximum absolute atomic E-state index is 9.10. The Labute approximate surface area is 39.9 Å². The topological polar surface area (TPSA) is 34.1 Å². The van der Waals surface area contributed by atoms with E-state index in [2.05, 4.69) is 0 Å². The predicted molar refractivity (Wildman–Crippen MR) is 17.1 cm³/mol. The Balaban J connectivity index is 4.38. The fraction of sp³-hybridized carbons (Fsp3) is 0. The molecule has 0 rings (SSSR count). The van der Waals surface area contributed by atoms with Gasteiger partial charge in [0.1, 0.15) is 0 Å². The van der Waals surface area contributed by atoms with Gasteiger partial charge < -0.3 is 0 Å². The third-order valence-corrected chi connectivity index (χ3v) is 0.896. The zero-order valence-corrected chi connectivity index (χ0v) is 6.20. The molecule has 5 heavy (non-hydrogen) atoms. The minimum absolute atomic E-state index is 1.54. The van der Waals surface area contributed by atoms with E-state index in [9.17, 15) is 0 Å². The molecule has 0 aromatic heterocycles. The van der Waals surface area contributed by atoms with E-state index < -0.39 is 23.3 Å². The molecule has 0 unspecified atom stereocenters. The van der Waals surface area contributed by atoms with Crippen LogP contribution in [0.5, 0.6) is 0 Å². The minimum atomic E-state index is -1.56. The van der Waals surface area contributed by atoms with Crippen LogP contribution in [0, 0.1) is 0 Å². The predicted octanol–water partition coefficient (Wildman–Crippen LogP) is -1.18. The normalized spacial score (nSPS) is 3.20. The van der Waals surface area contributed by atoms with Gasteiger partial charge in [0, 0.05) is 0 Å². The van der Waals surface area contributed by atoms with Crippen LogP contribution < -0.4 is 0 Å². The summed E-state index contributed by atoms with van der Waals surface area (Å²) in [6.07, 6.45) is 0. The molecular formula is C2O2Pb. The molecule has 0 bridgehead atoms. The Hall–Kier alpha value is 0.0821. The van der Waals surface area contributed by atoms with Crippen LogP contribution in [0.1, 0.15) is 0 Å². The van der Waals surface area contributed by atoms with E-state index >= 15 is 0 Å². The zero-order chi connectivity index (χ0) is 4.12. The van der Waals surface area contributed by atoms with Crippen molar-refractivity contribution in [3.63, 3.8) is 0 Å². The van der Waals surface area contributed by atoms with Gasteiger partial charge in [-0.05, 0) is 0 Å². The molecule has 0 amide bonds. The molecule has 0 saturated carbocycles. The van der Waals surface area contributed by atoms with Crippen molar-refractivity contribution in [2.75, 3.05) is 0 Å². The first-order chi connectivity index (χ1) is 2.41. The van der Waals surface area contributed by atoms with Crippen LogP contribution in [0.2, 0.25) is 0 Å². The maximum atomic E-state index is 9.10. The first-order valence-corrected chi connectivity index (χ1v) is 4.80. The van der Waals surface area contributed by atoms with Gasteiger partial charge in [-0.1, -0.05) is 0 Å². The Bertz CT molecular complexity index is 99.6. The third kappa shape index (κ3) is 4.08.